The Morgan fingerprint density at radius 1 is 1.29 bits per heavy atom. The zero-order chi connectivity index (χ0) is 20.4. The maximum Gasteiger partial charge on any atom is 0.280 e. The molecular weight excluding hydrogens is 479 g/mol. The number of hydrogen-bond donors (Lipinski definition) is 1. The van der Waals surface area contributed by atoms with Crippen molar-refractivity contribution in [3.05, 3.63) is 61.9 Å². The van der Waals surface area contributed by atoms with Crippen LogP contribution in [-0.2, 0) is 17.9 Å². The van der Waals surface area contributed by atoms with E-state index in [0.717, 1.165) is 10.2 Å². The van der Waals surface area contributed by atoms with E-state index in [9.17, 15) is 13.6 Å². The first-order chi connectivity index (χ1) is 13.2. The molecule has 28 heavy (non-hydrogen) atoms. The van der Waals surface area contributed by atoms with Crippen LogP contribution in [0.3, 0.4) is 0 Å². The minimum atomic E-state index is -2.72. The lowest BCUT2D eigenvalue weighted by Gasteiger charge is -2.07. The van der Waals surface area contributed by atoms with Crippen LogP contribution in [0, 0.1) is 6.92 Å². The summed E-state index contributed by atoms with van der Waals surface area (Å²) in [4.78, 5) is 12.3. The van der Waals surface area contributed by atoms with Gasteiger partial charge in [-0.2, -0.15) is 10.2 Å². The van der Waals surface area contributed by atoms with E-state index in [1.165, 1.54) is 6.07 Å². The van der Waals surface area contributed by atoms with Crippen LogP contribution < -0.4 is 5.32 Å². The molecule has 6 nitrogen and oxygen atoms in total. The molecule has 2 aromatic heterocycles. The number of carbonyl (C=O) groups is 1. The Bertz CT molecular complexity index is 1020. The molecule has 0 aliphatic carbocycles. The summed E-state index contributed by atoms with van der Waals surface area (Å²) in [6.07, 6.45) is -1.05. The molecule has 0 bridgehead atoms. The monoisotopic (exact) mass is 491 g/mol. The van der Waals surface area contributed by atoms with Crippen LogP contribution >= 0.6 is 39.1 Å². The number of carbonyl (C=O) groups excluding carboxylic acids is 1. The van der Waals surface area contributed by atoms with Gasteiger partial charge in [-0.25, -0.2) is 8.78 Å². The number of benzene rings is 1. The van der Waals surface area contributed by atoms with Crippen molar-refractivity contribution in [1.82, 2.24) is 19.6 Å². The van der Waals surface area contributed by atoms with Crippen LogP contribution in [0.25, 0.3) is 0 Å². The zero-order valence-corrected chi connectivity index (χ0v) is 17.6. The Kier molecular flexibility index (Phi) is 6.36. The van der Waals surface area contributed by atoms with Crippen molar-refractivity contribution in [2.75, 3.05) is 5.32 Å². The first-order valence-corrected chi connectivity index (χ1v) is 9.57. The van der Waals surface area contributed by atoms with Gasteiger partial charge in [-0.3, -0.25) is 14.2 Å². The van der Waals surface area contributed by atoms with Gasteiger partial charge in [0.25, 0.3) is 6.43 Å². The van der Waals surface area contributed by atoms with Crippen LogP contribution in [0.15, 0.2) is 34.9 Å². The highest BCUT2D eigenvalue weighted by Gasteiger charge is 2.18. The van der Waals surface area contributed by atoms with E-state index in [1.54, 1.807) is 36.0 Å². The zero-order valence-electron chi connectivity index (χ0n) is 14.5. The molecule has 1 aromatic carbocycles. The van der Waals surface area contributed by atoms with E-state index in [2.05, 4.69) is 31.4 Å². The molecule has 1 amide bonds. The Hall–Kier alpha value is -1.97. The fraction of sp³-hybridized carbons (Fsp3) is 0.235. The second-order valence-electron chi connectivity index (χ2n) is 5.98. The van der Waals surface area contributed by atoms with Crippen LogP contribution in [-0.4, -0.2) is 25.5 Å². The predicted octanol–water partition coefficient (Wildman–Crippen LogP) is 5.08. The topological polar surface area (TPSA) is 64.7 Å². The third kappa shape index (κ3) is 4.89. The fourth-order valence-electron chi connectivity index (χ4n) is 2.56. The van der Waals surface area contributed by atoms with E-state index < -0.39 is 12.3 Å². The van der Waals surface area contributed by atoms with E-state index >= 15 is 0 Å². The average Bonchev–Trinajstić information content (AvgIpc) is 3.12. The van der Waals surface area contributed by atoms with Crippen molar-refractivity contribution in [2.45, 2.75) is 26.4 Å². The second-order valence-corrected chi connectivity index (χ2v) is 7.67. The van der Waals surface area contributed by atoms with Crippen molar-refractivity contribution in [1.29, 1.82) is 0 Å². The lowest BCUT2D eigenvalue weighted by Crippen LogP contribution is -2.21. The SMILES string of the molecule is Cc1cc(C(F)F)n(CC(=O)Nc2nn(Cc3ccc(Cl)cc3Cl)cc2Br)n1. The van der Waals surface area contributed by atoms with Crippen LogP contribution in [0.5, 0.6) is 0 Å². The third-order valence-electron chi connectivity index (χ3n) is 3.77. The average molecular weight is 493 g/mol. The Balaban J connectivity index is 1.70. The molecule has 2 heterocycles. The molecule has 1 N–H and O–H groups in total. The Labute approximate surface area is 177 Å². The molecule has 0 atom stereocenters. The third-order valence-corrected chi connectivity index (χ3v) is 4.94. The molecule has 3 aromatic rings. The quantitative estimate of drug-likeness (QED) is 0.521. The van der Waals surface area contributed by atoms with Gasteiger partial charge in [0.15, 0.2) is 5.82 Å². The molecule has 0 saturated carbocycles. The number of amides is 1. The number of nitrogens with one attached hydrogen (secondary N) is 1. The maximum atomic E-state index is 13.0. The van der Waals surface area contributed by atoms with Gasteiger partial charge in [-0.05, 0) is 46.6 Å². The number of halogens is 5. The standard InChI is InChI=1S/C17H14BrCl2F2N5O/c1-9-4-14(16(21)22)27(24-9)8-15(28)23-17-12(18)7-26(25-17)6-10-2-3-11(19)5-13(10)20/h2-5,7,16H,6,8H2,1H3,(H,23,25,28). The molecule has 0 spiro atoms. The summed E-state index contributed by atoms with van der Waals surface area (Å²) in [6.45, 7) is 1.59. The lowest BCUT2D eigenvalue weighted by molar-refractivity contribution is -0.117. The number of nitrogens with zero attached hydrogens (tertiary/aromatic N) is 4. The first kappa shape index (κ1) is 20.8. The molecule has 11 heteroatoms. The van der Waals surface area contributed by atoms with Gasteiger partial charge >= 0.3 is 0 Å². The van der Waals surface area contributed by atoms with Gasteiger partial charge < -0.3 is 5.32 Å². The molecule has 0 aliphatic heterocycles. The van der Waals surface area contributed by atoms with Gasteiger partial charge in [0.2, 0.25) is 5.91 Å². The molecule has 3 rings (SSSR count). The van der Waals surface area contributed by atoms with Gasteiger partial charge in [-0.15, -0.1) is 0 Å². The van der Waals surface area contributed by atoms with Crippen LogP contribution in [0.2, 0.25) is 10.0 Å². The number of aryl methyl sites for hydroxylation is 1. The normalized spacial score (nSPS) is 11.2. The van der Waals surface area contributed by atoms with Crippen molar-refractivity contribution < 1.29 is 13.6 Å². The summed E-state index contributed by atoms with van der Waals surface area (Å²) in [5.74, 6) is -0.266. The van der Waals surface area contributed by atoms with E-state index in [1.807, 2.05) is 0 Å². The highest BCUT2D eigenvalue weighted by molar-refractivity contribution is 9.10. The Morgan fingerprint density at radius 3 is 2.71 bits per heavy atom. The van der Waals surface area contributed by atoms with Crippen molar-refractivity contribution in [3.8, 4) is 0 Å². The maximum absolute atomic E-state index is 13.0. The van der Waals surface area contributed by atoms with Crippen LogP contribution in [0.4, 0.5) is 14.6 Å². The van der Waals surface area contributed by atoms with E-state index in [0.29, 0.717) is 26.8 Å². The molecule has 0 radical (unpaired) electrons. The van der Waals surface area contributed by atoms with Crippen LogP contribution in [0.1, 0.15) is 23.4 Å². The van der Waals surface area contributed by atoms with E-state index in [-0.39, 0.29) is 18.1 Å². The number of aromatic nitrogens is 4. The number of hydrogen-bond acceptors (Lipinski definition) is 3. The molecule has 148 valence electrons. The largest absolute Gasteiger partial charge is 0.307 e. The first-order valence-electron chi connectivity index (χ1n) is 8.02. The minimum Gasteiger partial charge on any atom is -0.307 e. The summed E-state index contributed by atoms with van der Waals surface area (Å²) in [6, 6.07) is 6.38. The predicted molar refractivity (Wildman–Crippen MR) is 106 cm³/mol. The number of anilines is 1. The molecule has 0 unspecified atom stereocenters. The van der Waals surface area contributed by atoms with Gasteiger partial charge in [-0.1, -0.05) is 29.3 Å². The molecule has 0 aliphatic rings. The number of rotatable bonds is 6. The van der Waals surface area contributed by atoms with Gasteiger partial charge in [0.05, 0.1) is 16.7 Å². The fourth-order valence-corrected chi connectivity index (χ4v) is 3.45. The molecule has 0 saturated heterocycles. The molecular formula is C17H14BrCl2F2N5O. The van der Waals surface area contributed by atoms with Gasteiger partial charge in [0.1, 0.15) is 12.2 Å². The minimum absolute atomic E-state index is 0.262. The summed E-state index contributed by atoms with van der Waals surface area (Å²) < 4.78 is 29.1. The number of alkyl halides is 2. The lowest BCUT2D eigenvalue weighted by atomic mass is 10.2. The highest BCUT2D eigenvalue weighted by Crippen LogP contribution is 2.25. The summed E-state index contributed by atoms with van der Waals surface area (Å²) >= 11 is 15.4. The van der Waals surface area contributed by atoms with Crippen molar-refractivity contribution in [3.63, 3.8) is 0 Å². The summed E-state index contributed by atoms with van der Waals surface area (Å²) in [5, 5.41) is 11.8. The van der Waals surface area contributed by atoms with Crippen molar-refractivity contribution >= 4 is 50.9 Å². The van der Waals surface area contributed by atoms with Gasteiger partial charge in [0, 0.05) is 16.2 Å². The summed E-state index contributed by atoms with van der Waals surface area (Å²) in [7, 11) is 0. The highest BCUT2D eigenvalue weighted by atomic mass is 79.9. The van der Waals surface area contributed by atoms with Crippen molar-refractivity contribution in [2.24, 2.45) is 0 Å². The smallest absolute Gasteiger partial charge is 0.280 e. The molecule has 0 fully saturated rings. The second kappa shape index (κ2) is 8.59. The Morgan fingerprint density at radius 2 is 2.04 bits per heavy atom. The van der Waals surface area contributed by atoms with E-state index in [4.69, 9.17) is 23.2 Å². The summed E-state index contributed by atoms with van der Waals surface area (Å²) in [5.41, 5.74) is 0.899.